The summed E-state index contributed by atoms with van der Waals surface area (Å²) in [5.74, 6) is 1.99. The third-order valence-corrected chi connectivity index (χ3v) is 5.93. The summed E-state index contributed by atoms with van der Waals surface area (Å²) in [6.45, 7) is 1.34. The Bertz CT molecular complexity index is 1460. The SMILES string of the molecule is O=C(c1[c]ccc(OCc2ccccc2)c1)c1ccc(OCc2cccc(OCc3ccccc3)c2)cc1. The third-order valence-electron chi connectivity index (χ3n) is 5.93. The van der Waals surface area contributed by atoms with Gasteiger partial charge >= 0.3 is 0 Å². The zero-order valence-electron chi connectivity index (χ0n) is 20.9. The van der Waals surface area contributed by atoms with Crippen LogP contribution in [0.5, 0.6) is 17.2 Å². The summed E-state index contributed by atoms with van der Waals surface area (Å²) in [5, 5.41) is 0. The van der Waals surface area contributed by atoms with Crippen molar-refractivity contribution in [3.05, 3.63) is 161 Å². The van der Waals surface area contributed by atoms with Gasteiger partial charge in [-0.25, -0.2) is 0 Å². The summed E-state index contributed by atoms with van der Waals surface area (Å²) in [6, 6.07) is 43.2. The fourth-order valence-corrected chi connectivity index (χ4v) is 3.90. The molecule has 38 heavy (non-hydrogen) atoms. The summed E-state index contributed by atoms with van der Waals surface area (Å²) in [5.41, 5.74) is 4.20. The molecule has 0 saturated heterocycles. The van der Waals surface area contributed by atoms with Crippen LogP contribution in [-0.2, 0) is 19.8 Å². The van der Waals surface area contributed by atoms with Gasteiger partial charge in [0, 0.05) is 11.1 Å². The van der Waals surface area contributed by atoms with Crippen LogP contribution in [0.4, 0.5) is 0 Å². The van der Waals surface area contributed by atoms with Crippen LogP contribution in [-0.4, -0.2) is 5.78 Å². The quantitative estimate of drug-likeness (QED) is 0.177. The summed E-state index contributed by atoms with van der Waals surface area (Å²) in [7, 11) is 0. The molecule has 0 saturated carbocycles. The van der Waals surface area contributed by atoms with Crippen LogP contribution in [0.3, 0.4) is 0 Å². The lowest BCUT2D eigenvalue weighted by molar-refractivity contribution is 0.103. The minimum Gasteiger partial charge on any atom is -0.489 e. The van der Waals surface area contributed by atoms with Gasteiger partial charge in [0.2, 0.25) is 0 Å². The first-order valence-corrected chi connectivity index (χ1v) is 12.4. The van der Waals surface area contributed by atoms with Gasteiger partial charge in [0.15, 0.2) is 5.78 Å². The van der Waals surface area contributed by atoms with E-state index in [1.807, 2.05) is 84.9 Å². The monoisotopic (exact) mass is 499 g/mol. The highest BCUT2D eigenvalue weighted by Gasteiger charge is 2.11. The molecule has 0 unspecified atom stereocenters. The molecule has 0 heterocycles. The van der Waals surface area contributed by atoms with Gasteiger partial charge in [-0.05, 0) is 77.4 Å². The second kappa shape index (κ2) is 12.4. The van der Waals surface area contributed by atoms with Crippen molar-refractivity contribution < 1.29 is 19.0 Å². The highest BCUT2D eigenvalue weighted by atomic mass is 16.5. The maximum absolute atomic E-state index is 13.0. The lowest BCUT2D eigenvalue weighted by Gasteiger charge is -2.10. The molecule has 0 aliphatic carbocycles. The summed E-state index contributed by atoms with van der Waals surface area (Å²) in [4.78, 5) is 13.0. The van der Waals surface area contributed by atoms with Gasteiger partial charge in [-0.3, -0.25) is 4.79 Å². The van der Waals surface area contributed by atoms with Crippen molar-refractivity contribution in [2.45, 2.75) is 19.8 Å². The van der Waals surface area contributed by atoms with Gasteiger partial charge in [0.25, 0.3) is 0 Å². The van der Waals surface area contributed by atoms with Crippen LogP contribution >= 0.6 is 0 Å². The summed E-state index contributed by atoms with van der Waals surface area (Å²) < 4.78 is 17.7. The molecule has 0 aliphatic rings. The maximum atomic E-state index is 13.0. The number of rotatable bonds is 11. The van der Waals surface area contributed by atoms with E-state index in [-0.39, 0.29) is 5.78 Å². The zero-order chi connectivity index (χ0) is 26.0. The number of ketones is 1. The minimum atomic E-state index is -0.120. The molecular formula is C34H27O4. The molecule has 0 aromatic heterocycles. The number of benzene rings is 5. The van der Waals surface area contributed by atoms with Gasteiger partial charge in [0.1, 0.15) is 37.1 Å². The second-order valence-corrected chi connectivity index (χ2v) is 8.78. The first kappa shape index (κ1) is 24.8. The minimum absolute atomic E-state index is 0.120. The van der Waals surface area contributed by atoms with Crippen LogP contribution < -0.4 is 14.2 Å². The van der Waals surface area contributed by atoms with Crippen LogP contribution in [0.2, 0.25) is 0 Å². The van der Waals surface area contributed by atoms with Crippen molar-refractivity contribution in [3.8, 4) is 17.2 Å². The van der Waals surface area contributed by atoms with Gasteiger partial charge in [0.05, 0.1) is 0 Å². The third kappa shape index (κ3) is 6.89. The lowest BCUT2D eigenvalue weighted by atomic mass is 10.0. The Kier molecular flexibility index (Phi) is 8.12. The first-order chi connectivity index (χ1) is 18.7. The largest absolute Gasteiger partial charge is 0.489 e. The fourth-order valence-electron chi connectivity index (χ4n) is 3.90. The van der Waals surface area contributed by atoms with Gasteiger partial charge in [-0.15, -0.1) is 0 Å². The van der Waals surface area contributed by atoms with Crippen LogP contribution in [0.1, 0.15) is 32.6 Å². The van der Waals surface area contributed by atoms with Gasteiger partial charge in [-0.2, -0.15) is 0 Å². The van der Waals surface area contributed by atoms with Crippen molar-refractivity contribution in [2.75, 3.05) is 0 Å². The molecule has 0 N–H and O–H groups in total. The molecule has 0 amide bonds. The normalized spacial score (nSPS) is 10.5. The number of ether oxygens (including phenoxy) is 3. The second-order valence-electron chi connectivity index (χ2n) is 8.78. The number of carbonyl (C=O) groups excluding carboxylic acids is 1. The van der Waals surface area contributed by atoms with Crippen molar-refractivity contribution in [2.24, 2.45) is 0 Å². The smallest absolute Gasteiger partial charge is 0.193 e. The molecule has 0 aliphatic heterocycles. The number of carbonyl (C=O) groups is 1. The molecule has 4 nitrogen and oxygen atoms in total. The Morgan fingerprint density at radius 2 is 1.08 bits per heavy atom. The van der Waals surface area contributed by atoms with E-state index in [0.717, 1.165) is 22.4 Å². The summed E-state index contributed by atoms with van der Waals surface area (Å²) in [6.07, 6.45) is 0. The van der Waals surface area contributed by atoms with E-state index in [1.54, 1.807) is 42.5 Å². The molecule has 1 radical (unpaired) electrons. The number of hydrogen-bond donors (Lipinski definition) is 0. The Morgan fingerprint density at radius 3 is 1.74 bits per heavy atom. The van der Waals surface area contributed by atoms with E-state index in [4.69, 9.17) is 14.2 Å². The first-order valence-electron chi connectivity index (χ1n) is 12.4. The Hall–Kier alpha value is -4.83. The van der Waals surface area contributed by atoms with E-state index < -0.39 is 0 Å². The van der Waals surface area contributed by atoms with Crippen LogP contribution in [0.15, 0.2) is 127 Å². The molecule has 0 bridgehead atoms. The molecule has 4 heteroatoms. The van der Waals surface area contributed by atoms with E-state index in [9.17, 15) is 4.79 Å². The lowest BCUT2D eigenvalue weighted by Crippen LogP contribution is -2.03. The molecule has 5 rings (SSSR count). The molecular weight excluding hydrogens is 472 g/mol. The molecule has 5 aromatic rings. The maximum Gasteiger partial charge on any atom is 0.193 e. The number of hydrogen-bond acceptors (Lipinski definition) is 4. The highest BCUT2D eigenvalue weighted by molar-refractivity contribution is 6.09. The van der Waals surface area contributed by atoms with Crippen molar-refractivity contribution in [1.82, 2.24) is 0 Å². The average Bonchev–Trinajstić information content (AvgIpc) is 2.99. The van der Waals surface area contributed by atoms with E-state index >= 15 is 0 Å². The fraction of sp³-hybridized carbons (Fsp3) is 0.0882. The van der Waals surface area contributed by atoms with E-state index in [1.165, 1.54) is 0 Å². The molecule has 5 aromatic carbocycles. The van der Waals surface area contributed by atoms with Crippen LogP contribution in [0, 0.1) is 6.07 Å². The van der Waals surface area contributed by atoms with Gasteiger partial charge < -0.3 is 14.2 Å². The van der Waals surface area contributed by atoms with Crippen molar-refractivity contribution in [1.29, 1.82) is 0 Å². The van der Waals surface area contributed by atoms with Crippen molar-refractivity contribution >= 4 is 5.78 Å². The molecule has 0 spiro atoms. The molecule has 187 valence electrons. The van der Waals surface area contributed by atoms with Crippen molar-refractivity contribution in [3.63, 3.8) is 0 Å². The predicted octanol–water partition coefficient (Wildman–Crippen LogP) is 7.45. The zero-order valence-corrected chi connectivity index (χ0v) is 20.9. The standard InChI is InChI=1S/C34H27O4/c35-34(30-14-8-16-33(22-30)38-24-27-11-5-2-6-12-27)29-17-19-31(20-18-29)36-25-28-13-7-15-32(21-28)37-23-26-9-3-1-4-10-26/h1-13,15-22H,23-25H2. The summed E-state index contributed by atoms with van der Waals surface area (Å²) >= 11 is 0. The molecule has 0 atom stereocenters. The van der Waals surface area contributed by atoms with Crippen LogP contribution in [0.25, 0.3) is 0 Å². The Balaban J connectivity index is 1.15. The Morgan fingerprint density at radius 1 is 0.526 bits per heavy atom. The van der Waals surface area contributed by atoms with E-state index in [2.05, 4.69) is 6.07 Å². The predicted molar refractivity (Wildman–Crippen MR) is 147 cm³/mol. The highest BCUT2D eigenvalue weighted by Crippen LogP contribution is 2.21. The Labute approximate surface area is 223 Å². The molecule has 0 fully saturated rings. The average molecular weight is 500 g/mol. The van der Waals surface area contributed by atoms with Gasteiger partial charge in [-0.1, -0.05) is 72.8 Å². The topological polar surface area (TPSA) is 44.8 Å². The van der Waals surface area contributed by atoms with E-state index in [0.29, 0.717) is 42.4 Å².